The van der Waals surface area contributed by atoms with E-state index < -0.39 is 0 Å². The number of rotatable bonds is 5. The van der Waals surface area contributed by atoms with Crippen molar-refractivity contribution in [3.63, 3.8) is 0 Å². The summed E-state index contributed by atoms with van der Waals surface area (Å²) in [5.74, 6) is 0.381. The number of para-hydroxylation sites is 2. The Bertz CT molecular complexity index is 1410. The highest BCUT2D eigenvalue weighted by Gasteiger charge is 2.47. The lowest BCUT2D eigenvalue weighted by Gasteiger charge is -2.51. The zero-order chi connectivity index (χ0) is 24.6. The molecular weight excluding hydrogens is 491 g/mol. The first kappa shape index (κ1) is 24.0. The van der Waals surface area contributed by atoms with E-state index in [-0.39, 0.29) is 16.9 Å². The van der Waals surface area contributed by atoms with Crippen LogP contribution in [0.4, 0.5) is 5.69 Å². The second-order valence-corrected chi connectivity index (χ2v) is 12.4. The number of nitrogens with zero attached hydrogens (tertiary/aromatic N) is 3. The van der Waals surface area contributed by atoms with E-state index in [1.54, 1.807) is 4.68 Å². The van der Waals surface area contributed by atoms with Gasteiger partial charge in [0.25, 0.3) is 0 Å². The molecule has 0 spiro atoms. The molecule has 4 nitrogen and oxygen atoms in total. The van der Waals surface area contributed by atoms with Crippen LogP contribution in [0, 0.1) is 3.95 Å². The van der Waals surface area contributed by atoms with Gasteiger partial charge in [0.1, 0.15) is 0 Å². The SMILES string of the molecule is CC1(C)C[C@](C)(c2ccccc2)c2ccccc2N1C(=O)CSc1nn(-c2ccccc2)c(=S)s1. The number of hydrogen-bond donors (Lipinski definition) is 0. The van der Waals surface area contributed by atoms with Crippen LogP contribution in [0.3, 0.4) is 0 Å². The van der Waals surface area contributed by atoms with Crippen molar-refractivity contribution in [3.8, 4) is 5.69 Å². The van der Waals surface area contributed by atoms with Crippen LogP contribution in [-0.4, -0.2) is 27.0 Å². The molecule has 4 aromatic rings. The molecule has 7 heteroatoms. The van der Waals surface area contributed by atoms with Gasteiger partial charge in [-0.25, -0.2) is 4.68 Å². The molecular formula is C28H27N3OS3. The quantitative estimate of drug-likeness (QED) is 0.206. The lowest BCUT2D eigenvalue weighted by molar-refractivity contribution is -0.117. The summed E-state index contributed by atoms with van der Waals surface area (Å²) in [4.78, 5) is 15.7. The molecule has 1 atom stereocenters. The minimum Gasteiger partial charge on any atom is -0.306 e. The fourth-order valence-electron chi connectivity index (χ4n) is 5.28. The van der Waals surface area contributed by atoms with Crippen molar-refractivity contribution in [2.45, 2.75) is 42.5 Å². The van der Waals surface area contributed by atoms with Gasteiger partial charge in [0.2, 0.25) is 5.91 Å². The Balaban J connectivity index is 1.43. The Morgan fingerprint density at radius 3 is 2.31 bits per heavy atom. The van der Waals surface area contributed by atoms with Crippen LogP contribution in [0.1, 0.15) is 38.3 Å². The Labute approximate surface area is 219 Å². The van der Waals surface area contributed by atoms with E-state index in [2.05, 4.69) is 68.3 Å². The van der Waals surface area contributed by atoms with Gasteiger partial charge in [0.05, 0.1) is 11.4 Å². The topological polar surface area (TPSA) is 38.1 Å². The molecule has 0 saturated heterocycles. The molecule has 35 heavy (non-hydrogen) atoms. The lowest BCUT2D eigenvalue weighted by Crippen LogP contribution is -2.56. The number of carbonyl (C=O) groups excluding carboxylic acids is 1. The van der Waals surface area contributed by atoms with Crippen LogP contribution in [0.25, 0.3) is 5.69 Å². The third-order valence-electron chi connectivity index (χ3n) is 6.64. The zero-order valence-electron chi connectivity index (χ0n) is 20.0. The van der Waals surface area contributed by atoms with Gasteiger partial charge in [-0.2, -0.15) is 0 Å². The average Bonchev–Trinajstić information content (AvgIpc) is 3.24. The number of benzene rings is 3. The van der Waals surface area contributed by atoms with Crippen molar-refractivity contribution < 1.29 is 4.79 Å². The standard InChI is InChI=1S/C28H27N3OS3/c1-27(2)19-28(3,20-12-6-4-7-13-20)22-16-10-11-17-23(22)30(27)24(32)18-34-25-29-31(26(33)35-25)21-14-8-5-9-15-21/h4-17H,18-19H2,1-3H3/t28-/m1/s1. The molecule has 0 unspecified atom stereocenters. The molecule has 2 heterocycles. The molecule has 3 aromatic carbocycles. The Morgan fingerprint density at radius 1 is 0.971 bits per heavy atom. The first-order valence-corrected chi connectivity index (χ1v) is 13.8. The number of hydrogen-bond acceptors (Lipinski definition) is 5. The van der Waals surface area contributed by atoms with Crippen molar-refractivity contribution in [3.05, 3.63) is 100 Å². The van der Waals surface area contributed by atoms with Gasteiger partial charge in [0, 0.05) is 16.6 Å². The highest BCUT2D eigenvalue weighted by molar-refractivity contribution is 8.01. The maximum absolute atomic E-state index is 13.7. The maximum atomic E-state index is 13.7. The molecule has 5 rings (SSSR count). The fraction of sp³-hybridized carbons (Fsp3) is 0.250. The highest BCUT2D eigenvalue weighted by atomic mass is 32.2. The van der Waals surface area contributed by atoms with Gasteiger partial charge in [-0.15, -0.1) is 5.10 Å². The van der Waals surface area contributed by atoms with E-state index in [0.717, 1.165) is 22.1 Å². The Hall–Kier alpha value is -2.74. The minimum absolute atomic E-state index is 0.0786. The van der Waals surface area contributed by atoms with Crippen molar-refractivity contribution in [1.82, 2.24) is 9.78 Å². The molecule has 0 radical (unpaired) electrons. The van der Waals surface area contributed by atoms with Gasteiger partial charge in [-0.05, 0) is 61.8 Å². The first-order valence-electron chi connectivity index (χ1n) is 11.6. The predicted molar refractivity (Wildman–Crippen MR) is 149 cm³/mol. The number of thioether (sulfide) groups is 1. The highest BCUT2D eigenvalue weighted by Crippen LogP contribution is 2.50. The molecule has 0 aliphatic carbocycles. The summed E-state index contributed by atoms with van der Waals surface area (Å²) in [6, 6.07) is 28.8. The summed E-state index contributed by atoms with van der Waals surface area (Å²) in [5.41, 5.74) is 3.84. The van der Waals surface area contributed by atoms with Crippen molar-refractivity contribution in [2.24, 2.45) is 0 Å². The molecule has 0 N–H and O–H groups in total. The summed E-state index contributed by atoms with van der Waals surface area (Å²) in [7, 11) is 0. The maximum Gasteiger partial charge on any atom is 0.237 e. The second kappa shape index (κ2) is 9.37. The number of aromatic nitrogens is 2. The smallest absolute Gasteiger partial charge is 0.237 e. The normalized spacial score (nSPS) is 18.8. The molecule has 0 bridgehead atoms. The van der Waals surface area contributed by atoms with E-state index in [4.69, 9.17) is 12.2 Å². The van der Waals surface area contributed by atoms with Crippen molar-refractivity contribution in [1.29, 1.82) is 0 Å². The molecule has 1 aromatic heterocycles. The predicted octanol–water partition coefficient (Wildman–Crippen LogP) is 7.28. The van der Waals surface area contributed by atoms with Gasteiger partial charge in [0.15, 0.2) is 8.29 Å². The van der Waals surface area contributed by atoms with Gasteiger partial charge >= 0.3 is 0 Å². The minimum atomic E-state index is -0.355. The largest absolute Gasteiger partial charge is 0.306 e. The molecule has 0 fully saturated rings. The second-order valence-electron chi connectivity index (χ2n) is 9.60. The molecule has 1 aliphatic heterocycles. The first-order chi connectivity index (χ1) is 16.8. The van der Waals surface area contributed by atoms with Crippen LogP contribution >= 0.6 is 35.3 Å². The monoisotopic (exact) mass is 517 g/mol. The lowest BCUT2D eigenvalue weighted by atomic mass is 9.65. The van der Waals surface area contributed by atoms with Crippen molar-refractivity contribution in [2.75, 3.05) is 10.7 Å². The summed E-state index contributed by atoms with van der Waals surface area (Å²) in [5, 5.41) is 4.66. The third kappa shape index (κ3) is 4.48. The van der Waals surface area contributed by atoms with Crippen molar-refractivity contribution >= 4 is 46.9 Å². The summed E-state index contributed by atoms with van der Waals surface area (Å²) >= 11 is 8.42. The molecule has 1 aliphatic rings. The average molecular weight is 518 g/mol. The summed E-state index contributed by atoms with van der Waals surface area (Å²) in [6.07, 6.45) is 0.832. The fourth-order valence-corrected chi connectivity index (χ4v) is 7.49. The van der Waals surface area contributed by atoms with E-state index >= 15 is 0 Å². The number of carbonyl (C=O) groups is 1. The van der Waals surface area contributed by atoms with Gasteiger partial charge in [-0.3, -0.25) is 4.79 Å². The molecule has 178 valence electrons. The Morgan fingerprint density at radius 2 is 1.60 bits per heavy atom. The Kier molecular flexibility index (Phi) is 6.42. The molecule has 1 amide bonds. The van der Waals surface area contributed by atoms with Crippen LogP contribution in [0.2, 0.25) is 0 Å². The number of amides is 1. The van der Waals surface area contributed by atoms with E-state index in [0.29, 0.717) is 9.71 Å². The number of fused-ring (bicyclic) bond motifs is 1. The van der Waals surface area contributed by atoms with Gasteiger partial charge < -0.3 is 4.90 Å². The van der Waals surface area contributed by atoms with Crippen LogP contribution in [0.15, 0.2) is 89.3 Å². The number of anilines is 1. The summed E-state index contributed by atoms with van der Waals surface area (Å²) in [6.45, 7) is 6.63. The van der Waals surface area contributed by atoms with E-state index in [9.17, 15) is 4.79 Å². The summed E-state index contributed by atoms with van der Waals surface area (Å²) < 4.78 is 3.23. The molecule has 0 saturated carbocycles. The van der Waals surface area contributed by atoms with Gasteiger partial charge in [-0.1, -0.05) is 96.8 Å². The van der Waals surface area contributed by atoms with E-state index in [1.165, 1.54) is 34.2 Å². The zero-order valence-corrected chi connectivity index (χ0v) is 22.4. The van der Waals surface area contributed by atoms with Crippen LogP contribution in [-0.2, 0) is 10.2 Å². The third-order valence-corrected chi connectivity index (χ3v) is 8.99. The van der Waals surface area contributed by atoms with Crippen LogP contribution in [0.5, 0.6) is 0 Å². The van der Waals surface area contributed by atoms with Crippen LogP contribution < -0.4 is 4.90 Å². The van der Waals surface area contributed by atoms with E-state index in [1.807, 2.05) is 47.4 Å².